The lowest BCUT2D eigenvalue weighted by Gasteiger charge is -2.28. The summed E-state index contributed by atoms with van der Waals surface area (Å²) in [5.74, 6) is 4.63. The van der Waals surface area contributed by atoms with Crippen LogP contribution in [0.3, 0.4) is 0 Å². The summed E-state index contributed by atoms with van der Waals surface area (Å²) in [4.78, 5) is 10.4. The van der Waals surface area contributed by atoms with E-state index in [4.69, 9.17) is 10.9 Å². The summed E-state index contributed by atoms with van der Waals surface area (Å²) >= 11 is 0. The second kappa shape index (κ2) is 2.98. The average Bonchev–Trinajstić information content (AvgIpc) is 1.88. The topological polar surface area (TPSA) is 66.6 Å². The van der Waals surface area contributed by atoms with Gasteiger partial charge in [-0.15, -0.1) is 0 Å². The molecule has 0 spiro atoms. The number of hydrazine groups is 1. The Morgan fingerprint density at radius 3 is 2.70 bits per heavy atom. The van der Waals surface area contributed by atoms with Gasteiger partial charge in [0.2, 0.25) is 0 Å². The predicted molar refractivity (Wildman–Crippen MR) is 36.2 cm³/mol. The van der Waals surface area contributed by atoms with Crippen molar-refractivity contribution in [3.63, 3.8) is 0 Å². The van der Waals surface area contributed by atoms with E-state index in [-0.39, 0.29) is 0 Å². The summed E-state index contributed by atoms with van der Waals surface area (Å²) in [6.07, 6.45) is 2.68. The molecule has 1 rings (SSSR count). The van der Waals surface area contributed by atoms with Crippen molar-refractivity contribution in [1.82, 2.24) is 5.01 Å². The summed E-state index contributed by atoms with van der Waals surface area (Å²) in [6, 6.07) is -0.450. The smallest absolute Gasteiger partial charge is 0.322 e. The van der Waals surface area contributed by atoms with Gasteiger partial charge in [-0.1, -0.05) is 0 Å². The molecule has 0 aromatic rings. The lowest BCUT2D eigenvalue weighted by atomic mass is 10.0. The zero-order valence-electron chi connectivity index (χ0n) is 5.79. The molecule has 0 aromatic heterocycles. The number of rotatable bonds is 1. The van der Waals surface area contributed by atoms with Gasteiger partial charge in [-0.25, -0.2) is 5.01 Å². The molecule has 0 radical (unpaired) electrons. The van der Waals surface area contributed by atoms with Crippen LogP contribution >= 0.6 is 0 Å². The zero-order chi connectivity index (χ0) is 7.56. The summed E-state index contributed by atoms with van der Waals surface area (Å²) < 4.78 is 0. The van der Waals surface area contributed by atoms with Crippen LogP contribution in [0.4, 0.5) is 0 Å². The van der Waals surface area contributed by atoms with Crippen LogP contribution in [-0.2, 0) is 4.79 Å². The number of hydrogen-bond donors (Lipinski definition) is 2. The van der Waals surface area contributed by atoms with E-state index in [0.717, 1.165) is 12.8 Å². The minimum absolute atomic E-state index is 0.450. The summed E-state index contributed by atoms with van der Waals surface area (Å²) in [5.41, 5.74) is 0. The maximum atomic E-state index is 10.4. The van der Waals surface area contributed by atoms with E-state index in [1.54, 1.807) is 0 Å². The van der Waals surface area contributed by atoms with E-state index < -0.39 is 12.0 Å². The van der Waals surface area contributed by atoms with Crippen molar-refractivity contribution in [3.8, 4) is 0 Å². The van der Waals surface area contributed by atoms with Crippen molar-refractivity contribution in [2.24, 2.45) is 5.84 Å². The fraction of sp³-hybridized carbons (Fsp3) is 0.833. The normalized spacial score (nSPS) is 28.3. The van der Waals surface area contributed by atoms with Crippen molar-refractivity contribution in [2.45, 2.75) is 25.3 Å². The van der Waals surface area contributed by atoms with Crippen LogP contribution in [-0.4, -0.2) is 28.7 Å². The molecule has 1 saturated heterocycles. The molecule has 10 heavy (non-hydrogen) atoms. The fourth-order valence-corrected chi connectivity index (χ4v) is 1.22. The molecule has 4 heteroatoms. The van der Waals surface area contributed by atoms with Crippen molar-refractivity contribution in [2.75, 3.05) is 6.54 Å². The Bertz CT molecular complexity index is 138. The first kappa shape index (κ1) is 7.50. The van der Waals surface area contributed by atoms with Crippen LogP contribution in [0, 0.1) is 0 Å². The van der Waals surface area contributed by atoms with E-state index in [9.17, 15) is 4.79 Å². The highest BCUT2D eigenvalue weighted by Crippen LogP contribution is 2.12. The molecule has 0 aromatic carbocycles. The van der Waals surface area contributed by atoms with Crippen LogP contribution in [0.5, 0.6) is 0 Å². The maximum absolute atomic E-state index is 10.4. The lowest BCUT2D eigenvalue weighted by molar-refractivity contribution is -0.144. The van der Waals surface area contributed by atoms with Crippen molar-refractivity contribution >= 4 is 5.97 Å². The van der Waals surface area contributed by atoms with E-state index >= 15 is 0 Å². The molecule has 1 fully saturated rings. The van der Waals surface area contributed by atoms with Crippen molar-refractivity contribution in [3.05, 3.63) is 0 Å². The van der Waals surface area contributed by atoms with Gasteiger partial charge in [0.05, 0.1) is 0 Å². The SMILES string of the molecule is NN1CCCCC1C(=O)O. The quantitative estimate of drug-likeness (QED) is 0.500. The summed E-state index contributed by atoms with van der Waals surface area (Å²) in [7, 11) is 0. The molecule has 4 nitrogen and oxygen atoms in total. The van der Waals surface area contributed by atoms with Gasteiger partial charge < -0.3 is 5.11 Å². The molecule has 0 aliphatic carbocycles. The van der Waals surface area contributed by atoms with Crippen LogP contribution in [0.15, 0.2) is 0 Å². The third-order valence-corrected chi connectivity index (χ3v) is 1.83. The molecule has 0 amide bonds. The van der Waals surface area contributed by atoms with Crippen LogP contribution < -0.4 is 5.84 Å². The Morgan fingerprint density at radius 1 is 1.60 bits per heavy atom. The standard InChI is InChI=1S/C6H12N2O2/c7-8-4-2-1-3-5(8)6(9)10/h5H,1-4,7H2,(H,9,10). The Labute approximate surface area is 59.6 Å². The molecule has 1 aliphatic rings. The Morgan fingerprint density at radius 2 is 2.30 bits per heavy atom. The fourth-order valence-electron chi connectivity index (χ4n) is 1.22. The minimum atomic E-state index is -0.804. The number of nitrogens with zero attached hydrogens (tertiary/aromatic N) is 1. The molecule has 0 bridgehead atoms. The first-order valence-electron chi connectivity index (χ1n) is 3.46. The number of aliphatic carboxylic acids is 1. The van der Waals surface area contributed by atoms with Gasteiger partial charge in [0.1, 0.15) is 6.04 Å². The number of carbonyl (C=O) groups is 1. The molecular weight excluding hydrogens is 132 g/mol. The predicted octanol–water partition coefficient (Wildman–Crippen LogP) is -0.201. The van der Waals surface area contributed by atoms with E-state index in [1.165, 1.54) is 5.01 Å². The Kier molecular flexibility index (Phi) is 2.24. The third kappa shape index (κ3) is 1.46. The molecular formula is C6H12N2O2. The highest BCUT2D eigenvalue weighted by Gasteiger charge is 2.25. The monoisotopic (exact) mass is 144 g/mol. The second-order valence-electron chi connectivity index (χ2n) is 2.59. The largest absolute Gasteiger partial charge is 0.480 e. The number of nitrogens with two attached hydrogens (primary N) is 1. The van der Waals surface area contributed by atoms with Crippen molar-refractivity contribution in [1.29, 1.82) is 0 Å². The molecule has 58 valence electrons. The second-order valence-corrected chi connectivity index (χ2v) is 2.59. The first-order chi connectivity index (χ1) is 4.72. The average molecular weight is 144 g/mol. The maximum Gasteiger partial charge on any atom is 0.322 e. The van der Waals surface area contributed by atoms with Gasteiger partial charge in [0.15, 0.2) is 0 Å². The number of piperidine rings is 1. The summed E-state index contributed by atoms with van der Waals surface area (Å²) in [6.45, 7) is 0.705. The zero-order valence-corrected chi connectivity index (χ0v) is 5.79. The van der Waals surface area contributed by atoms with Crippen LogP contribution in [0.2, 0.25) is 0 Å². The number of hydrogen-bond acceptors (Lipinski definition) is 3. The molecule has 1 atom stereocenters. The van der Waals surface area contributed by atoms with E-state index in [0.29, 0.717) is 13.0 Å². The van der Waals surface area contributed by atoms with Gasteiger partial charge in [0.25, 0.3) is 0 Å². The van der Waals surface area contributed by atoms with E-state index in [1.807, 2.05) is 0 Å². The van der Waals surface area contributed by atoms with Gasteiger partial charge in [-0.2, -0.15) is 0 Å². The molecule has 3 N–H and O–H groups in total. The lowest BCUT2D eigenvalue weighted by Crippen LogP contribution is -2.48. The third-order valence-electron chi connectivity index (χ3n) is 1.83. The highest BCUT2D eigenvalue weighted by molar-refractivity contribution is 5.73. The Balaban J connectivity index is 2.47. The Hall–Kier alpha value is -0.610. The van der Waals surface area contributed by atoms with Crippen LogP contribution in [0.1, 0.15) is 19.3 Å². The van der Waals surface area contributed by atoms with Crippen LogP contribution in [0.25, 0.3) is 0 Å². The number of carboxylic acids is 1. The highest BCUT2D eigenvalue weighted by atomic mass is 16.4. The molecule has 0 saturated carbocycles. The number of carboxylic acid groups (broad SMARTS) is 1. The first-order valence-corrected chi connectivity index (χ1v) is 3.46. The van der Waals surface area contributed by atoms with Gasteiger partial charge in [0, 0.05) is 6.54 Å². The minimum Gasteiger partial charge on any atom is -0.480 e. The molecule has 1 unspecified atom stereocenters. The molecule has 1 heterocycles. The molecule has 1 aliphatic heterocycles. The van der Waals surface area contributed by atoms with Gasteiger partial charge >= 0.3 is 5.97 Å². The van der Waals surface area contributed by atoms with E-state index in [2.05, 4.69) is 0 Å². The summed E-state index contributed by atoms with van der Waals surface area (Å²) in [5, 5.41) is 10.00. The van der Waals surface area contributed by atoms with Crippen molar-refractivity contribution < 1.29 is 9.90 Å². The van der Waals surface area contributed by atoms with Gasteiger partial charge in [-0.05, 0) is 19.3 Å². The van der Waals surface area contributed by atoms with Gasteiger partial charge in [-0.3, -0.25) is 10.6 Å².